The van der Waals surface area contributed by atoms with E-state index in [1.54, 1.807) is 0 Å². The largest absolute Gasteiger partial charge is 0.461 e. The maximum Gasteiger partial charge on any atom is 0.148 e. The number of aryl methyl sites for hydroxylation is 1. The summed E-state index contributed by atoms with van der Waals surface area (Å²) in [4.78, 5) is 1.98. The summed E-state index contributed by atoms with van der Waals surface area (Å²) in [7, 11) is -1.10. The summed E-state index contributed by atoms with van der Waals surface area (Å²) in [6, 6.07) is 7.77. The fourth-order valence-corrected chi connectivity index (χ4v) is 3.21. The Bertz CT molecular complexity index is 722. The molecule has 1 heterocycles. The van der Waals surface area contributed by atoms with Gasteiger partial charge in [-0.05, 0) is 20.0 Å². The standard InChI is InChI=1S/C15H22N2O3S/c1-11-15(12-6-4-5-7-14(12)20-11)13(10-16)17(2)8-9-21(3,18)19/h4-7,13H,8-10,16H2,1-3H3. The topological polar surface area (TPSA) is 76.5 Å². The van der Waals surface area contributed by atoms with Gasteiger partial charge in [-0.15, -0.1) is 0 Å². The summed E-state index contributed by atoms with van der Waals surface area (Å²) in [6.07, 6.45) is 1.25. The van der Waals surface area contributed by atoms with Gasteiger partial charge in [0, 0.05) is 30.3 Å². The molecule has 0 bridgehead atoms. The first-order chi connectivity index (χ1) is 9.83. The van der Waals surface area contributed by atoms with Gasteiger partial charge in [-0.2, -0.15) is 0 Å². The number of para-hydroxylation sites is 1. The Labute approximate surface area is 125 Å². The molecule has 0 fully saturated rings. The van der Waals surface area contributed by atoms with Gasteiger partial charge in [0.25, 0.3) is 0 Å². The molecule has 0 saturated heterocycles. The molecule has 1 aromatic carbocycles. The van der Waals surface area contributed by atoms with E-state index < -0.39 is 9.84 Å². The maximum absolute atomic E-state index is 11.3. The molecular weight excluding hydrogens is 288 g/mol. The average Bonchev–Trinajstić information content (AvgIpc) is 2.73. The molecule has 0 aliphatic rings. The minimum Gasteiger partial charge on any atom is -0.461 e. The fourth-order valence-electron chi connectivity index (χ4n) is 2.59. The van der Waals surface area contributed by atoms with Crippen LogP contribution in [0.3, 0.4) is 0 Å². The average molecular weight is 310 g/mol. The summed E-state index contributed by atoms with van der Waals surface area (Å²) < 4.78 is 28.4. The second-order valence-electron chi connectivity index (χ2n) is 5.43. The van der Waals surface area contributed by atoms with E-state index in [9.17, 15) is 8.42 Å². The number of benzene rings is 1. The van der Waals surface area contributed by atoms with Crippen molar-refractivity contribution in [2.24, 2.45) is 5.73 Å². The second-order valence-corrected chi connectivity index (χ2v) is 7.69. The van der Waals surface area contributed by atoms with E-state index in [4.69, 9.17) is 10.2 Å². The molecule has 21 heavy (non-hydrogen) atoms. The van der Waals surface area contributed by atoms with Crippen LogP contribution in [0, 0.1) is 6.92 Å². The van der Waals surface area contributed by atoms with Gasteiger partial charge in [0.2, 0.25) is 0 Å². The van der Waals surface area contributed by atoms with Crippen molar-refractivity contribution in [1.29, 1.82) is 0 Å². The smallest absolute Gasteiger partial charge is 0.148 e. The van der Waals surface area contributed by atoms with Crippen molar-refractivity contribution in [2.45, 2.75) is 13.0 Å². The van der Waals surface area contributed by atoms with E-state index >= 15 is 0 Å². The van der Waals surface area contributed by atoms with Crippen LogP contribution >= 0.6 is 0 Å². The van der Waals surface area contributed by atoms with E-state index in [1.807, 2.05) is 43.1 Å². The van der Waals surface area contributed by atoms with E-state index in [1.165, 1.54) is 6.26 Å². The number of sulfone groups is 1. The Balaban J connectivity index is 2.33. The lowest BCUT2D eigenvalue weighted by Gasteiger charge is -2.26. The third-order valence-electron chi connectivity index (χ3n) is 3.72. The maximum atomic E-state index is 11.3. The van der Waals surface area contributed by atoms with Crippen LogP contribution in [0.1, 0.15) is 17.4 Å². The third-order valence-corrected chi connectivity index (χ3v) is 4.65. The van der Waals surface area contributed by atoms with Crippen molar-refractivity contribution in [3.05, 3.63) is 35.6 Å². The highest BCUT2D eigenvalue weighted by Gasteiger charge is 2.23. The summed E-state index contributed by atoms with van der Waals surface area (Å²) in [5.74, 6) is 0.951. The molecule has 2 aromatic rings. The van der Waals surface area contributed by atoms with Crippen LogP contribution in [0.4, 0.5) is 0 Å². The first kappa shape index (κ1) is 16.0. The second kappa shape index (κ2) is 6.17. The van der Waals surface area contributed by atoms with Gasteiger partial charge in [0.05, 0.1) is 11.8 Å². The molecule has 116 valence electrons. The zero-order valence-corrected chi connectivity index (χ0v) is 13.5. The van der Waals surface area contributed by atoms with Crippen LogP contribution in [-0.2, 0) is 9.84 Å². The summed E-state index contributed by atoms with van der Waals surface area (Å²) in [5.41, 5.74) is 7.81. The fraction of sp³-hybridized carbons (Fsp3) is 0.467. The number of hydrogen-bond donors (Lipinski definition) is 1. The SMILES string of the molecule is Cc1oc2ccccc2c1C(CN)N(C)CCS(C)(=O)=O. The lowest BCUT2D eigenvalue weighted by molar-refractivity contribution is 0.263. The monoisotopic (exact) mass is 310 g/mol. The molecule has 6 heteroatoms. The Morgan fingerprint density at radius 1 is 1.33 bits per heavy atom. The minimum atomic E-state index is -2.99. The van der Waals surface area contributed by atoms with Crippen molar-refractivity contribution in [3.63, 3.8) is 0 Å². The molecule has 1 atom stereocenters. The zero-order valence-electron chi connectivity index (χ0n) is 12.7. The number of furan rings is 1. The van der Waals surface area contributed by atoms with Crippen LogP contribution in [0.2, 0.25) is 0 Å². The number of likely N-dealkylation sites (N-methyl/N-ethyl adjacent to an activating group) is 1. The van der Waals surface area contributed by atoms with Gasteiger partial charge in [-0.1, -0.05) is 18.2 Å². The number of rotatable bonds is 6. The molecule has 1 unspecified atom stereocenters. The molecule has 0 aliphatic heterocycles. The van der Waals surface area contributed by atoms with Gasteiger partial charge >= 0.3 is 0 Å². The van der Waals surface area contributed by atoms with E-state index in [-0.39, 0.29) is 11.8 Å². The molecule has 0 aliphatic carbocycles. The number of hydrogen-bond acceptors (Lipinski definition) is 5. The van der Waals surface area contributed by atoms with Gasteiger partial charge < -0.3 is 10.2 Å². The summed E-state index contributed by atoms with van der Waals surface area (Å²) >= 11 is 0. The molecule has 0 saturated carbocycles. The predicted octanol–water partition coefficient (Wildman–Crippen LogP) is 1.72. The molecule has 1 aromatic heterocycles. The van der Waals surface area contributed by atoms with E-state index in [0.29, 0.717) is 13.1 Å². The number of fused-ring (bicyclic) bond motifs is 1. The molecule has 0 amide bonds. The van der Waals surface area contributed by atoms with Crippen molar-refractivity contribution in [1.82, 2.24) is 4.90 Å². The molecule has 2 N–H and O–H groups in total. The first-order valence-electron chi connectivity index (χ1n) is 6.89. The van der Waals surface area contributed by atoms with Gasteiger partial charge in [-0.25, -0.2) is 8.42 Å². The van der Waals surface area contributed by atoms with Crippen molar-refractivity contribution < 1.29 is 12.8 Å². The molecule has 0 radical (unpaired) electrons. The number of nitrogens with zero attached hydrogens (tertiary/aromatic N) is 1. The summed E-state index contributed by atoms with van der Waals surface area (Å²) in [6.45, 7) is 2.77. The lowest BCUT2D eigenvalue weighted by atomic mass is 10.0. The van der Waals surface area contributed by atoms with E-state index in [0.717, 1.165) is 22.3 Å². The number of nitrogens with two attached hydrogens (primary N) is 1. The minimum absolute atomic E-state index is 0.0598. The van der Waals surface area contributed by atoms with Gasteiger partial charge in [0.1, 0.15) is 21.2 Å². The van der Waals surface area contributed by atoms with Gasteiger partial charge in [-0.3, -0.25) is 4.90 Å². The normalized spacial score (nSPS) is 14.0. The molecule has 2 rings (SSSR count). The lowest BCUT2D eigenvalue weighted by Crippen LogP contribution is -2.34. The highest BCUT2D eigenvalue weighted by Crippen LogP contribution is 2.32. The molecular formula is C15H22N2O3S. The van der Waals surface area contributed by atoms with Crippen LogP contribution in [-0.4, -0.2) is 45.5 Å². The van der Waals surface area contributed by atoms with Crippen LogP contribution in [0.15, 0.2) is 28.7 Å². The zero-order chi connectivity index (χ0) is 15.6. The van der Waals surface area contributed by atoms with E-state index in [2.05, 4.69) is 0 Å². The summed E-state index contributed by atoms with van der Waals surface area (Å²) in [5, 5.41) is 1.04. The highest BCUT2D eigenvalue weighted by atomic mass is 32.2. The first-order valence-corrected chi connectivity index (χ1v) is 8.95. The highest BCUT2D eigenvalue weighted by molar-refractivity contribution is 7.90. The Morgan fingerprint density at radius 2 is 2.00 bits per heavy atom. The van der Waals surface area contributed by atoms with Crippen molar-refractivity contribution in [2.75, 3.05) is 32.1 Å². The molecule has 5 nitrogen and oxygen atoms in total. The van der Waals surface area contributed by atoms with Crippen LogP contribution in [0.25, 0.3) is 11.0 Å². The Morgan fingerprint density at radius 3 is 2.62 bits per heavy atom. The van der Waals surface area contributed by atoms with Gasteiger partial charge in [0.15, 0.2) is 0 Å². The Kier molecular flexibility index (Phi) is 4.70. The third kappa shape index (κ3) is 3.64. The Hall–Kier alpha value is -1.37. The van der Waals surface area contributed by atoms with Crippen molar-refractivity contribution >= 4 is 20.8 Å². The predicted molar refractivity (Wildman–Crippen MR) is 85.1 cm³/mol. The molecule has 0 spiro atoms. The van der Waals surface area contributed by atoms with Crippen LogP contribution in [0.5, 0.6) is 0 Å². The van der Waals surface area contributed by atoms with Crippen LogP contribution < -0.4 is 5.73 Å². The van der Waals surface area contributed by atoms with Crippen molar-refractivity contribution in [3.8, 4) is 0 Å². The quantitative estimate of drug-likeness (QED) is 0.879.